The maximum absolute atomic E-state index is 13.5. The summed E-state index contributed by atoms with van der Waals surface area (Å²) < 4.78 is 18.3. The SMILES string of the molecule is COc1ccc(/C=C/C(=O)NCc2ccncc2)cc1F. The third-order valence-corrected chi connectivity index (χ3v) is 2.82. The molecule has 2 aromatic rings. The summed E-state index contributed by atoms with van der Waals surface area (Å²) >= 11 is 0. The molecule has 2 rings (SSSR count). The first kappa shape index (κ1) is 14.7. The normalized spacial score (nSPS) is 10.6. The molecule has 0 aliphatic heterocycles. The monoisotopic (exact) mass is 286 g/mol. The molecular formula is C16H15FN2O2. The molecule has 0 aliphatic carbocycles. The number of ether oxygens (including phenoxy) is 1. The van der Waals surface area contributed by atoms with Crippen molar-refractivity contribution in [2.45, 2.75) is 6.54 Å². The maximum atomic E-state index is 13.5. The average Bonchev–Trinajstić information content (AvgIpc) is 2.52. The first-order chi connectivity index (χ1) is 10.2. The standard InChI is InChI=1S/C16H15FN2O2/c1-21-15-4-2-12(10-14(15)17)3-5-16(20)19-11-13-6-8-18-9-7-13/h2-10H,11H2,1H3,(H,19,20)/b5-3+. The minimum atomic E-state index is -0.461. The molecule has 0 saturated heterocycles. The van der Waals surface area contributed by atoms with Crippen molar-refractivity contribution in [3.63, 3.8) is 0 Å². The fourth-order valence-electron chi connectivity index (χ4n) is 1.71. The van der Waals surface area contributed by atoms with Crippen molar-refractivity contribution < 1.29 is 13.9 Å². The topological polar surface area (TPSA) is 51.2 Å². The van der Waals surface area contributed by atoms with Crippen molar-refractivity contribution >= 4 is 12.0 Å². The van der Waals surface area contributed by atoms with Gasteiger partial charge in [0.25, 0.3) is 0 Å². The van der Waals surface area contributed by atoms with Crippen LogP contribution in [-0.2, 0) is 11.3 Å². The zero-order chi connectivity index (χ0) is 15.1. The van der Waals surface area contributed by atoms with Crippen LogP contribution in [0.3, 0.4) is 0 Å². The number of carbonyl (C=O) groups excluding carboxylic acids is 1. The first-order valence-corrected chi connectivity index (χ1v) is 6.37. The number of rotatable bonds is 5. The average molecular weight is 286 g/mol. The van der Waals surface area contributed by atoms with Gasteiger partial charge in [0.05, 0.1) is 7.11 Å². The third-order valence-electron chi connectivity index (χ3n) is 2.82. The lowest BCUT2D eigenvalue weighted by molar-refractivity contribution is -0.116. The highest BCUT2D eigenvalue weighted by Crippen LogP contribution is 2.18. The van der Waals surface area contributed by atoms with Crippen molar-refractivity contribution in [1.29, 1.82) is 0 Å². The number of hydrogen-bond acceptors (Lipinski definition) is 3. The number of halogens is 1. The van der Waals surface area contributed by atoms with E-state index in [-0.39, 0.29) is 11.7 Å². The molecule has 0 fully saturated rings. The molecule has 0 radical (unpaired) electrons. The van der Waals surface area contributed by atoms with Crippen molar-refractivity contribution in [1.82, 2.24) is 10.3 Å². The number of aromatic nitrogens is 1. The number of amides is 1. The van der Waals surface area contributed by atoms with Crippen LogP contribution in [0.1, 0.15) is 11.1 Å². The zero-order valence-electron chi connectivity index (χ0n) is 11.5. The maximum Gasteiger partial charge on any atom is 0.244 e. The van der Waals surface area contributed by atoms with Gasteiger partial charge in [-0.05, 0) is 41.5 Å². The molecule has 0 aliphatic rings. The summed E-state index contributed by atoms with van der Waals surface area (Å²) in [6.07, 6.45) is 6.24. The van der Waals surface area contributed by atoms with E-state index < -0.39 is 5.82 Å². The summed E-state index contributed by atoms with van der Waals surface area (Å²) in [5.41, 5.74) is 1.55. The van der Waals surface area contributed by atoms with Gasteiger partial charge in [-0.1, -0.05) is 6.07 Å². The molecule has 1 N–H and O–H groups in total. The molecule has 5 heteroatoms. The van der Waals surface area contributed by atoms with E-state index in [1.807, 2.05) is 12.1 Å². The molecule has 1 aromatic heterocycles. The van der Waals surface area contributed by atoms with Crippen molar-refractivity contribution in [2.75, 3.05) is 7.11 Å². The van der Waals surface area contributed by atoms with E-state index in [1.54, 1.807) is 24.5 Å². The Morgan fingerprint density at radius 3 is 2.76 bits per heavy atom. The molecule has 0 spiro atoms. The van der Waals surface area contributed by atoms with Crippen molar-refractivity contribution in [3.8, 4) is 5.75 Å². The van der Waals surface area contributed by atoms with E-state index >= 15 is 0 Å². The highest BCUT2D eigenvalue weighted by atomic mass is 19.1. The third kappa shape index (κ3) is 4.42. The molecule has 1 heterocycles. The second-order valence-corrected chi connectivity index (χ2v) is 4.30. The molecule has 0 atom stereocenters. The number of carbonyl (C=O) groups is 1. The first-order valence-electron chi connectivity index (χ1n) is 6.37. The van der Waals surface area contributed by atoms with Crippen LogP contribution in [0.4, 0.5) is 4.39 Å². The lowest BCUT2D eigenvalue weighted by atomic mass is 10.2. The van der Waals surface area contributed by atoms with Gasteiger partial charge >= 0.3 is 0 Å². The summed E-state index contributed by atoms with van der Waals surface area (Å²) in [6, 6.07) is 8.15. The molecule has 21 heavy (non-hydrogen) atoms. The fourth-order valence-corrected chi connectivity index (χ4v) is 1.71. The second kappa shape index (κ2) is 7.19. The Balaban J connectivity index is 1.91. The minimum absolute atomic E-state index is 0.175. The van der Waals surface area contributed by atoms with E-state index in [4.69, 9.17) is 4.74 Å². The van der Waals surface area contributed by atoms with Gasteiger partial charge in [0.2, 0.25) is 5.91 Å². The molecule has 1 amide bonds. The van der Waals surface area contributed by atoms with E-state index in [0.717, 1.165) is 5.56 Å². The largest absolute Gasteiger partial charge is 0.494 e. The van der Waals surface area contributed by atoms with Crippen LogP contribution in [0.25, 0.3) is 6.08 Å². The van der Waals surface area contributed by atoms with Gasteiger partial charge in [-0.15, -0.1) is 0 Å². The number of nitrogens with zero attached hydrogens (tertiary/aromatic N) is 1. The van der Waals surface area contributed by atoms with Gasteiger partial charge in [0, 0.05) is 25.0 Å². The van der Waals surface area contributed by atoms with Crippen LogP contribution in [0.15, 0.2) is 48.8 Å². The predicted molar refractivity (Wildman–Crippen MR) is 78.1 cm³/mol. The fraction of sp³-hybridized carbons (Fsp3) is 0.125. The Hall–Kier alpha value is -2.69. The molecule has 108 valence electrons. The van der Waals surface area contributed by atoms with Gasteiger partial charge in [-0.25, -0.2) is 4.39 Å². The molecule has 4 nitrogen and oxygen atoms in total. The number of nitrogens with one attached hydrogen (secondary N) is 1. The summed E-state index contributed by atoms with van der Waals surface area (Å²) in [5.74, 6) is -0.533. The molecule has 0 saturated carbocycles. The lowest BCUT2D eigenvalue weighted by Gasteiger charge is -2.03. The quantitative estimate of drug-likeness (QED) is 0.859. The van der Waals surface area contributed by atoms with E-state index in [0.29, 0.717) is 12.1 Å². The van der Waals surface area contributed by atoms with E-state index in [2.05, 4.69) is 10.3 Å². The Bertz CT molecular complexity index is 642. The van der Waals surface area contributed by atoms with E-state index in [1.165, 1.54) is 25.3 Å². The molecule has 0 bridgehead atoms. The van der Waals surface area contributed by atoms with Gasteiger partial charge in [0.1, 0.15) is 0 Å². The number of hydrogen-bond donors (Lipinski definition) is 1. The Labute approximate surface area is 122 Å². The highest BCUT2D eigenvalue weighted by molar-refractivity contribution is 5.91. The number of methoxy groups -OCH3 is 1. The summed E-state index contributed by atoms with van der Waals surface area (Å²) in [5, 5.41) is 2.73. The van der Waals surface area contributed by atoms with Crippen molar-refractivity contribution in [3.05, 3.63) is 65.7 Å². The van der Waals surface area contributed by atoms with Crippen LogP contribution >= 0.6 is 0 Å². The Kier molecular flexibility index (Phi) is 5.04. The van der Waals surface area contributed by atoms with Gasteiger partial charge in [0.15, 0.2) is 11.6 Å². The predicted octanol–water partition coefficient (Wildman–Crippen LogP) is 2.56. The smallest absolute Gasteiger partial charge is 0.244 e. The lowest BCUT2D eigenvalue weighted by Crippen LogP contribution is -2.20. The van der Waals surface area contributed by atoms with Gasteiger partial charge < -0.3 is 10.1 Å². The summed E-state index contributed by atoms with van der Waals surface area (Å²) in [4.78, 5) is 15.6. The van der Waals surface area contributed by atoms with Gasteiger partial charge in [-0.2, -0.15) is 0 Å². The Morgan fingerprint density at radius 2 is 2.10 bits per heavy atom. The summed E-state index contributed by atoms with van der Waals surface area (Å²) in [6.45, 7) is 0.419. The van der Waals surface area contributed by atoms with Crippen LogP contribution in [0.2, 0.25) is 0 Å². The van der Waals surface area contributed by atoms with Crippen LogP contribution in [0, 0.1) is 5.82 Å². The summed E-state index contributed by atoms with van der Waals surface area (Å²) in [7, 11) is 1.40. The van der Waals surface area contributed by atoms with Crippen LogP contribution in [0.5, 0.6) is 5.75 Å². The van der Waals surface area contributed by atoms with E-state index in [9.17, 15) is 9.18 Å². The molecular weight excluding hydrogens is 271 g/mol. The minimum Gasteiger partial charge on any atom is -0.494 e. The van der Waals surface area contributed by atoms with Gasteiger partial charge in [-0.3, -0.25) is 9.78 Å². The highest BCUT2D eigenvalue weighted by Gasteiger charge is 2.02. The Morgan fingerprint density at radius 1 is 1.33 bits per heavy atom. The molecule has 1 aromatic carbocycles. The van der Waals surface area contributed by atoms with Crippen molar-refractivity contribution in [2.24, 2.45) is 0 Å². The van der Waals surface area contributed by atoms with Crippen LogP contribution in [-0.4, -0.2) is 18.0 Å². The number of benzene rings is 1. The number of pyridine rings is 1. The van der Waals surface area contributed by atoms with Crippen LogP contribution < -0.4 is 10.1 Å². The zero-order valence-corrected chi connectivity index (χ0v) is 11.5. The second-order valence-electron chi connectivity index (χ2n) is 4.30. The molecule has 0 unspecified atom stereocenters.